The van der Waals surface area contributed by atoms with Crippen LogP contribution < -0.4 is 10.6 Å². The van der Waals surface area contributed by atoms with Crippen LogP contribution in [0.15, 0.2) is 66.7 Å². The first-order valence-corrected chi connectivity index (χ1v) is 11.2. The first-order chi connectivity index (χ1) is 15.1. The lowest BCUT2D eigenvalue weighted by Gasteiger charge is -2.29. The number of rotatable bonds is 6. The summed E-state index contributed by atoms with van der Waals surface area (Å²) >= 11 is 0. The summed E-state index contributed by atoms with van der Waals surface area (Å²) in [6.45, 7) is 0. The van der Waals surface area contributed by atoms with Crippen LogP contribution in [-0.2, 0) is 28.9 Å². The Bertz CT molecular complexity index is 1110. The second kappa shape index (κ2) is 8.18. The molecule has 0 saturated carbocycles. The molecule has 0 spiro atoms. The van der Waals surface area contributed by atoms with Gasteiger partial charge in [-0.3, -0.25) is 9.59 Å². The fourth-order valence-electron chi connectivity index (χ4n) is 5.24. The third-order valence-corrected chi connectivity index (χ3v) is 6.84. The molecule has 4 heteroatoms. The summed E-state index contributed by atoms with van der Waals surface area (Å²) in [5, 5.41) is 8.84. The van der Waals surface area contributed by atoms with E-state index in [0.717, 1.165) is 25.7 Å². The van der Waals surface area contributed by atoms with E-state index in [1.54, 1.807) is 0 Å². The summed E-state index contributed by atoms with van der Waals surface area (Å²) in [6.07, 6.45) is 4.97. The van der Waals surface area contributed by atoms with E-state index < -0.39 is 0 Å². The summed E-state index contributed by atoms with van der Waals surface area (Å²) in [4.78, 5) is 24.8. The molecule has 1 aliphatic heterocycles. The third kappa shape index (κ3) is 4.34. The lowest BCUT2D eigenvalue weighted by molar-refractivity contribution is -0.123. The van der Waals surface area contributed by atoms with Gasteiger partial charge < -0.3 is 10.6 Å². The van der Waals surface area contributed by atoms with E-state index in [9.17, 15) is 9.59 Å². The lowest BCUT2D eigenvalue weighted by atomic mass is 9.84. The molecule has 0 unspecified atom stereocenters. The molecule has 5 rings (SSSR count). The van der Waals surface area contributed by atoms with E-state index in [0.29, 0.717) is 19.3 Å². The average molecular weight is 413 g/mol. The van der Waals surface area contributed by atoms with Crippen molar-refractivity contribution < 1.29 is 9.59 Å². The van der Waals surface area contributed by atoms with Crippen molar-refractivity contribution in [3.63, 3.8) is 0 Å². The van der Waals surface area contributed by atoms with E-state index in [1.807, 2.05) is 12.1 Å². The highest BCUT2D eigenvalue weighted by molar-refractivity contribution is 5.83. The van der Waals surface area contributed by atoms with E-state index >= 15 is 0 Å². The number of fused-ring (bicyclic) bond motifs is 2. The summed E-state index contributed by atoms with van der Waals surface area (Å²) in [7, 11) is 0. The minimum atomic E-state index is -0.338. The fourth-order valence-corrected chi connectivity index (χ4v) is 5.24. The topological polar surface area (TPSA) is 58.2 Å². The maximum atomic E-state index is 12.7. The van der Waals surface area contributed by atoms with Crippen LogP contribution in [-0.4, -0.2) is 23.4 Å². The van der Waals surface area contributed by atoms with Crippen molar-refractivity contribution in [2.75, 3.05) is 0 Å². The number of benzene rings is 3. The molecule has 3 aromatic carbocycles. The van der Waals surface area contributed by atoms with Crippen molar-refractivity contribution in [3.05, 3.63) is 83.4 Å². The molecule has 0 radical (unpaired) electrons. The Hall–Kier alpha value is -3.14. The molecule has 1 heterocycles. The summed E-state index contributed by atoms with van der Waals surface area (Å²) < 4.78 is 0. The first-order valence-electron chi connectivity index (χ1n) is 11.2. The molecule has 2 amide bonds. The van der Waals surface area contributed by atoms with Gasteiger partial charge in [-0.1, -0.05) is 66.7 Å². The van der Waals surface area contributed by atoms with Crippen LogP contribution in [0.2, 0.25) is 0 Å². The molecule has 2 aliphatic rings. The molecule has 0 bridgehead atoms. The Morgan fingerprint density at radius 2 is 1.68 bits per heavy atom. The number of nitrogens with one attached hydrogen (secondary N) is 2. The Morgan fingerprint density at radius 3 is 2.39 bits per heavy atom. The van der Waals surface area contributed by atoms with Gasteiger partial charge in [0.25, 0.3) is 0 Å². The number of carbonyl (C=O) groups is 2. The first kappa shape index (κ1) is 19.8. The zero-order chi connectivity index (χ0) is 21.3. The van der Waals surface area contributed by atoms with Gasteiger partial charge in [0.1, 0.15) is 0 Å². The van der Waals surface area contributed by atoms with Gasteiger partial charge in [-0.05, 0) is 59.6 Å². The van der Waals surface area contributed by atoms with Crippen molar-refractivity contribution in [2.24, 2.45) is 0 Å². The van der Waals surface area contributed by atoms with Crippen molar-refractivity contribution in [1.82, 2.24) is 10.6 Å². The molecular weight excluding hydrogens is 384 g/mol. The highest BCUT2D eigenvalue weighted by Crippen LogP contribution is 2.31. The van der Waals surface area contributed by atoms with Crippen LogP contribution in [0.4, 0.5) is 0 Å². The zero-order valence-electron chi connectivity index (χ0n) is 17.7. The molecule has 1 aliphatic carbocycles. The number of hydrogen-bond acceptors (Lipinski definition) is 2. The van der Waals surface area contributed by atoms with E-state index in [1.165, 1.54) is 27.5 Å². The van der Waals surface area contributed by atoms with Crippen LogP contribution in [0.1, 0.15) is 42.4 Å². The SMILES string of the molecule is O=C(CC[C@@]1(Cc2ccc3ccccc3c2)CCC(=O)N1)NC1Cc2ccccc2C1. The predicted octanol–water partition coefficient (Wildman–Crippen LogP) is 4.09. The van der Waals surface area contributed by atoms with Crippen LogP contribution in [0.3, 0.4) is 0 Å². The lowest BCUT2D eigenvalue weighted by Crippen LogP contribution is -2.45. The number of carbonyl (C=O) groups excluding carboxylic acids is 2. The zero-order valence-corrected chi connectivity index (χ0v) is 17.7. The Morgan fingerprint density at radius 1 is 0.968 bits per heavy atom. The standard InChI is InChI=1S/C27H28N2O2/c30-25(28-24-16-22-7-3-4-8-23(22)17-24)11-13-27(14-12-26(31)29-27)18-19-9-10-20-5-1-2-6-21(20)15-19/h1-10,15,24H,11-14,16-18H2,(H,28,30)(H,29,31)/t27-/m0/s1. The molecule has 158 valence electrons. The minimum Gasteiger partial charge on any atom is -0.353 e. The maximum absolute atomic E-state index is 12.7. The van der Waals surface area contributed by atoms with E-state index in [-0.39, 0.29) is 23.4 Å². The van der Waals surface area contributed by atoms with Crippen molar-refractivity contribution in [3.8, 4) is 0 Å². The van der Waals surface area contributed by atoms with E-state index in [2.05, 4.69) is 65.2 Å². The van der Waals surface area contributed by atoms with Gasteiger partial charge in [-0.25, -0.2) is 0 Å². The molecule has 4 nitrogen and oxygen atoms in total. The summed E-state index contributed by atoms with van der Waals surface area (Å²) in [5.74, 6) is 0.171. The van der Waals surface area contributed by atoms with Gasteiger partial charge in [0, 0.05) is 24.4 Å². The second-order valence-electron chi connectivity index (χ2n) is 9.13. The average Bonchev–Trinajstić information content (AvgIpc) is 3.35. The van der Waals surface area contributed by atoms with Crippen LogP contribution >= 0.6 is 0 Å². The molecule has 1 atom stereocenters. The van der Waals surface area contributed by atoms with E-state index in [4.69, 9.17) is 0 Å². The summed E-state index contributed by atoms with van der Waals surface area (Å²) in [5.41, 5.74) is 3.54. The van der Waals surface area contributed by atoms with Crippen molar-refractivity contribution in [2.45, 2.75) is 56.5 Å². The van der Waals surface area contributed by atoms with Gasteiger partial charge in [0.15, 0.2) is 0 Å². The quantitative estimate of drug-likeness (QED) is 0.641. The second-order valence-corrected chi connectivity index (χ2v) is 9.13. The number of hydrogen-bond donors (Lipinski definition) is 2. The smallest absolute Gasteiger partial charge is 0.220 e. The molecule has 1 saturated heterocycles. The van der Waals surface area contributed by atoms with Gasteiger partial charge >= 0.3 is 0 Å². The van der Waals surface area contributed by atoms with Crippen molar-refractivity contribution >= 4 is 22.6 Å². The molecule has 31 heavy (non-hydrogen) atoms. The van der Waals surface area contributed by atoms with Crippen LogP contribution in [0, 0.1) is 0 Å². The van der Waals surface area contributed by atoms with Crippen LogP contribution in [0.25, 0.3) is 10.8 Å². The highest BCUT2D eigenvalue weighted by atomic mass is 16.2. The van der Waals surface area contributed by atoms with Gasteiger partial charge in [-0.15, -0.1) is 0 Å². The Labute approximate surface area is 183 Å². The predicted molar refractivity (Wildman–Crippen MR) is 123 cm³/mol. The largest absolute Gasteiger partial charge is 0.353 e. The Balaban J connectivity index is 1.23. The molecule has 0 aromatic heterocycles. The number of amides is 2. The van der Waals surface area contributed by atoms with Crippen molar-refractivity contribution in [1.29, 1.82) is 0 Å². The molecule has 3 aromatic rings. The van der Waals surface area contributed by atoms with Gasteiger partial charge in [0.05, 0.1) is 0 Å². The van der Waals surface area contributed by atoms with Gasteiger partial charge in [-0.2, -0.15) is 0 Å². The normalized spacial score (nSPS) is 20.6. The van der Waals surface area contributed by atoms with Crippen LogP contribution in [0.5, 0.6) is 0 Å². The summed E-state index contributed by atoms with van der Waals surface area (Å²) in [6, 6.07) is 23.4. The minimum absolute atomic E-state index is 0.0804. The molecular formula is C27H28N2O2. The molecule has 2 N–H and O–H groups in total. The Kier molecular flexibility index (Phi) is 5.23. The monoisotopic (exact) mass is 412 g/mol. The van der Waals surface area contributed by atoms with Gasteiger partial charge in [0.2, 0.25) is 11.8 Å². The maximum Gasteiger partial charge on any atom is 0.220 e. The fraction of sp³-hybridized carbons (Fsp3) is 0.333. The molecule has 1 fully saturated rings. The third-order valence-electron chi connectivity index (χ3n) is 6.84. The highest BCUT2D eigenvalue weighted by Gasteiger charge is 2.38.